The Morgan fingerprint density at radius 1 is 0.444 bits per heavy atom. The fourth-order valence-corrected chi connectivity index (χ4v) is 9.18. The molecule has 214 valence electrons. The topological polar surface area (TPSA) is 29.5 Å². The second-order valence-corrected chi connectivity index (χ2v) is 12.8. The molecule has 45 heavy (non-hydrogen) atoms. The molecule has 12 rings (SSSR count). The first kappa shape index (κ1) is 25.0. The summed E-state index contributed by atoms with van der Waals surface area (Å²) in [6.45, 7) is 0. The van der Waals surface area contributed by atoms with Crippen LogP contribution in [0.1, 0.15) is 102 Å². The van der Waals surface area contributed by atoms with E-state index in [4.69, 9.17) is 4.74 Å². The van der Waals surface area contributed by atoms with Gasteiger partial charge in [-0.1, -0.05) is 121 Å². The van der Waals surface area contributed by atoms with Crippen molar-refractivity contribution in [1.29, 1.82) is 0 Å². The van der Waals surface area contributed by atoms with E-state index in [0.29, 0.717) is 5.75 Å². The quantitative estimate of drug-likeness (QED) is 0.212. The van der Waals surface area contributed by atoms with E-state index < -0.39 is 0 Å². The molecule has 1 N–H and O–H groups in total. The van der Waals surface area contributed by atoms with E-state index in [2.05, 4.69) is 121 Å². The minimum absolute atomic E-state index is 0.0122. The van der Waals surface area contributed by atoms with Gasteiger partial charge in [-0.15, -0.1) is 0 Å². The van der Waals surface area contributed by atoms with Crippen LogP contribution >= 0.6 is 0 Å². The normalized spacial score (nSPS) is 20.6. The number of ether oxygens (including phenoxy) is 1. The van der Waals surface area contributed by atoms with Crippen LogP contribution in [0.2, 0.25) is 0 Å². The third-order valence-electron chi connectivity index (χ3n) is 10.9. The summed E-state index contributed by atoms with van der Waals surface area (Å²) in [5.41, 5.74) is 17.8. The zero-order valence-electron chi connectivity index (χ0n) is 24.9. The molecule has 6 aliphatic rings. The molecule has 0 aromatic heterocycles. The summed E-state index contributed by atoms with van der Waals surface area (Å²) in [6.07, 6.45) is 4.59. The first-order chi connectivity index (χ1) is 22.2. The molecule has 2 nitrogen and oxygen atoms in total. The number of methoxy groups -OCH3 is 1. The van der Waals surface area contributed by atoms with Gasteiger partial charge in [0.05, 0.1) is 7.11 Å². The molecule has 0 unspecified atom stereocenters. The predicted molar refractivity (Wildman–Crippen MR) is 180 cm³/mol. The van der Waals surface area contributed by atoms with Crippen LogP contribution in [0.15, 0.2) is 121 Å². The van der Waals surface area contributed by atoms with Gasteiger partial charge in [-0.05, 0) is 78.9 Å². The maximum Gasteiger partial charge on any atom is 0.124 e. The van der Waals surface area contributed by atoms with Crippen molar-refractivity contribution >= 4 is 12.2 Å². The van der Waals surface area contributed by atoms with Crippen LogP contribution in [0.5, 0.6) is 11.5 Å². The van der Waals surface area contributed by atoms with Crippen LogP contribution in [-0.4, -0.2) is 12.2 Å². The lowest BCUT2D eigenvalue weighted by Crippen LogP contribution is -2.33. The predicted octanol–water partition coefficient (Wildman–Crippen LogP) is 9.55. The average molecular weight is 579 g/mol. The molecular weight excluding hydrogens is 548 g/mol. The van der Waals surface area contributed by atoms with Crippen LogP contribution in [0, 0.1) is 0 Å². The average Bonchev–Trinajstić information content (AvgIpc) is 3.11. The number of phenols is 1. The summed E-state index contributed by atoms with van der Waals surface area (Å²) in [5, 5.41) is 12.8. The van der Waals surface area contributed by atoms with Gasteiger partial charge in [0.15, 0.2) is 0 Å². The van der Waals surface area contributed by atoms with E-state index in [1.54, 1.807) is 7.11 Å². The summed E-state index contributed by atoms with van der Waals surface area (Å²) in [6, 6.07) is 43.8. The smallest absolute Gasteiger partial charge is 0.124 e. The zero-order valence-corrected chi connectivity index (χ0v) is 24.9. The van der Waals surface area contributed by atoms with Crippen LogP contribution in [0.25, 0.3) is 12.2 Å². The van der Waals surface area contributed by atoms with Gasteiger partial charge >= 0.3 is 0 Å². The minimum atomic E-state index is -0.0122. The largest absolute Gasteiger partial charge is 0.507 e. The van der Waals surface area contributed by atoms with Gasteiger partial charge < -0.3 is 9.84 Å². The number of phenolic OH excluding ortho intramolecular Hbond substituents is 1. The molecule has 2 heteroatoms. The number of hydrogen-bond donors (Lipinski definition) is 1. The van der Waals surface area contributed by atoms with Crippen LogP contribution in [0.4, 0.5) is 0 Å². The van der Waals surface area contributed by atoms with E-state index in [1.165, 1.54) is 61.2 Å². The highest BCUT2D eigenvalue weighted by molar-refractivity contribution is 5.86. The summed E-state index contributed by atoms with van der Waals surface area (Å²) in [4.78, 5) is 0. The second-order valence-electron chi connectivity index (χ2n) is 12.8. The molecule has 0 saturated carbocycles. The molecule has 0 radical (unpaired) electrons. The molecule has 0 amide bonds. The van der Waals surface area contributed by atoms with Gasteiger partial charge in [-0.2, -0.15) is 0 Å². The van der Waals surface area contributed by atoms with E-state index in [-0.39, 0.29) is 23.7 Å². The van der Waals surface area contributed by atoms with Crippen molar-refractivity contribution in [2.24, 2.45) is 0 Å². The lowest BCUT2D eigenvalue weighted by molar-refractivity contribution is 0.415. The second kappa shape index (κ2) is 9.09. The third kappa shape index (κ3) is 3.19. The van der Waals surface area contributed by atoms with Crippen molar-refractivity contribution in [2.45, 2.75) is 23.7 Å². The Kier molecular flexibility index (Phi) is 5.06. The Balaban J connectivity index is 1.33. The highest BCUT2D eigenvalue weighted by Gasteiger charge is 2.50. The van der Waals surface area contributed by atoms with Crippen molar-refractivity contribution < 1.29 is 9.84 Å². The number of benzene rings is 6. The first-order valence-electron chi connectivity index (χ1n) is 15.8. The molecule has 6 aromatic rings. The van der Waals surface area contributed by atoms with Crippen molar-refractivity contribution in [3.8, 4) is 11.5 Å². The molecule has 0 atom stereocenters. The number of hydrogen-bond acceptors (Lipinski definition) is 2. The first-order valence-corrected chi connectivity index (χ1v) is 15.8. The fraction of sp³-hybridized carbons (Fsp3) is 0.116. The van der Waals surface area contributed by atoms with E-state index >= 15 is 0 Å². The number of aromatic hydroxyl groups is 1. The maximum atomic E-state index is 12.8. The monoisotopic (exact) mass is 578 g/mol. The molecular formula is C43H30O2. The van der Waals surface area contributed by atoms with Crippen LogP contribution in [-0.2, 0) is 0 Å². The Morgan fingerprint density at radius 2 is 0.778 bits per heavy atom. The standard InChI is InChI=1S/C43H30O2/c1-45-25-21-18-24(19-22-25)20-23-34-39-35-26-10-2-6-14-30(26)37(31-15-7-3-11-27(31)35)41(39)43(44)42-38-32-16-8-4-12-28(32)36(40(34)42)29-13-5-9-17-33(29)38/h2-23,35-38,44H,1H3/b23-20+. The molecule has 0 fully saturated rings. The van der Waals surface area contributed by atoms with E-state index in [0.717, 1.165) is 22.4 Å². The minimum Gasteiger partial charge on any atom is -0.507 e. The lowest BCUT2D eigenvalue weighted by atomic mass is 9.54. The van der Waals surface area contributed by atoms with Gasteiger partial charge in [0.2, 0.25) is 0 Å². The summed E-state index contributed by atoms with van der Waals surface area (Å²) in [7, 11) is 1.70. The molecule has 6 aromatic carbocycles. The van der Waals surface area contributed by atoms with E-state index in [9.17, 15) is 5.11 Å². The van der Waals surface area contributed by atoms with Crippen molar-refractivity contribution in [3.05, 3.63) is 199 Å². The summed E-state index contributed by atoms with van der Waals surface area (Å²) >= 11 is 0. The van der Waals surface area contributed by atoms with Crippen LogP contribution in [0.3, 0.4) is 0 Å². The molecule has 0 saturated heterocycles. The molecule has 4 bridgehead atoms. The molecule has 6 aliphatic carbocycles. The van der Waals surface area contributed by atoms with Crippen molar-refractivity contribution in [1.82, 2.24) is 0 Å². The zero-order chi connectivity index (χ0) is 29.8. The summed E-state index contributed by atoms with van der Waals surface area (Å²) < 4.78 is 5.44. The Morgan fingerprint density at radius 3 is 1.11 bits per heavy atom. The molecule has 0 spiro atoms. The lowest BCUT2D eigenvalue weighted by Gasteiger charge is -2.48. The van der Waals surface area contributed by atoms with Crippen molar-refractivity contribution in [2.75, 3.05) is 7.11 Å². The molecule has 0 aliphatic heterocycles. The molecule has 0 heterocycles. The fourth-order valence-electron chi connectivity index (χ4n) is 9.18. The Hall–Kier alpha value is -5.34. The Labute approximate surface area is 262 Å². The van der Waals surface area contributed by atoms with Gasteiger partial charge in [0, 0.05) is 34.8 Å². The van der Waals surface area contributed by atoms with Gasteiger partial charge in [-0.25, -0.2) is 0 Å². The highest BCUT2D eigenvalue weighted by Crippen LogP contribution is 2.65. The van der Waals surface area contributed by atoms with E-state index in [1.807, 2.05) is 12.1 Å². The van der Waals surface area contributed by atoms with Gasteiger partial charge in [0.25, 0.3) is 0 Å². The third-order valence-corrected chi connectivity index (χ3v) is 10.9. The van der Waals surface area contributed by atoms with Crippen molar-refractivity contribution in [3.63, 3.8) is 0 Å². The summed E-state index contributed by atoms with van der Waals surface area (Å²) in [5.74, 6) is 1.41. The van der Waals surface area contributed by atoms with Crippen LogP contribution < -0.4 is 4.74 Å². The van der Waals surface area contributed by atoms with Gasteiger partial charge in [-0.3, -0.25) is 0 Å². The maximum absolute atomic E-state index is 12.8. The van der Waals surface area contributed by atoms with Gasteiger partial charge in [0.1, 0.15) is 11.5 Å². The highest BCUT2D eigenvalue weighted by atomic mass is 16.5. The Bertz CT molecular complexity index is 2020. The SMILES string of the molecule is COc1ccc(/C=C/c2c3c(c(O)c4c2C2c5ccccc5C4c4ccccc42)C2c4ccccc4C3c3ccccc32)cc1. The number of rotatable bonds is 3.